The zero-order valence-corrected chi connectivity index (χ0v) is 13.2. The lowest BCUT2D eigenvalue weighted by atomic mass is 10.1. The summed E-state index contributed by atoms with van der Waals surface area (Å²) in [6, 6.07) is 7.49. The van der Waals surface area contributed by atoms with Gasteiger partial charge in [-0.25, -0.2) is 4.98 Å². The van der Waals surface area contributed by atoms with Crippen LogP contribution in [-0.4, -0.2) is 60.8 Å². The Balaban J connectivity index is 1.44. The zero-order chi connectivity index (χ0) is 15.6. The summed E-state index contributed by atoms with van der Waals surface area (Å²) in [6.45, 7) is 6.74. The van der Waals surface area contributed by atoms with E-state index < -0.39 is 0 Å². The lowest BCUT2D eigenvalue weighted by Crippen LogP contribution is -2.48. The molecule has 2 aromatic rings. The van der Waals surface area contributed by atoms with Crippen molar-refractivity contribution in [3.05, 3.63) is 34.6 Å². The fraction of sp³-hybridized carbons (Fsp3) is 0.529. The number of anilines is 1. The molecule has 3 heterocycles. The van der Waals surface area contributed by atoms with E-state index >= 15 is 0 Å². The van der Waals surface area contributed by atoms with Gasteiger partial charge in [0.05, 0.1) is 17.5 Å². The predicted octanol–water partition coefficient (Wildman–Crippen LogP) is 1.08. The fourth-order valence-corrected chi connectivity index (χ4v) is 3.46. The Kier molecular flexibility index (Phi) is 4.01. The van der Waals surface area contributed by atoms with Crippen LogP contribution in [0.4, 0.5) is 5.95 Å². The molecule has 2 aliphatic heterocycles. The number of hydrogen-bond acceptors (Lipinski definition) is 5. The summed E-state index contributed by atoms with van der Waals surface area (Å²) >= 11 is 0. The third-order valence-electron chi connectivity index (χ3n) is 4.81. The van der Waals surface area contributed by atoms with E-state index in [1.807, 2.05) is 24.3 Å². The van der Waals surface area contributed by atoms with E-state index in [1.165, 1.54) is 6.42 Å². The SMILES string of the molecule is O=c1[nH]c(N2CCN(CC3CCOC3)CC2)nc2ccccc12. The van der Waals surface area contributed by atoms with E-state index in [4.69, 9.17) is 4.74 Å². The second-order valence-electron chi connectivity index (χ2n) is 6.42. The average molecular weight is 314 g/mol. The lowest BCUT2D eigenvalue weighted by Gasteiger charge is -2.36. The van der Waals surface area contributed by atoms with Gasteiger partial charge in [-0.2, -0.15) is 0 Å². The summed E-state index contributed by atoms with van der Waals surface area (Å²) in [6.07, 6.45) is 1.18. The summed E-state index contributed by atoms with van der Waals surface area (Å²) in [5.74, 6) is 1.37. The molecule has 0 radical (unpaired) electrons. The van der Waals surface area contributed by atoms with E-state index in [2.05, 4.69) is 19.8 Å². The Hall–Kier alpha value is -1.92. The minimum atomic E-state index is -0.0591. The van der Waals surface area contributed by atoms with Crippen molar-refractivity contribution in [1.29, 1.82) is 0 Å². The maximum absolute atomic E-state index is 12.2. The number of aromatic nitrogens is 2. The van der Waals surface area contributed by atoms with Crippen molar-refractivity contribution >= 4 is 16.9 Å². The standard InChI is InChI=1S/C17H22N4O2/c22-16-14-3-1-2-4-15(14)18-17(19-16)21-8-6-20(7-9-21)11-13-5-10-23-12-13/h1-4,13H,5-12H2,(H,18,19,22). The van der Waals surface area contributed by atoms with Crippen LogP contribution in [0.2, 0.25) is 0 Å². The van der Waals surface area contributed by atoms with Crippen LogP contribution in [0.1, 0.15) is 6.42 Å². The van der Waals surface area contributed by atoms with E-state index in [1.54, 1.807) is 0 Å². The first kappa shape index (κ1) is 14.7. The molecule has 2 saturated heterocycles. The number of nitrogens with one attached hydrogen (secondary N) is 1. The Labute approximate surface area is 135 Å². The van der Waals surface area contributed by atoms with Gasteiger partial charge in [-0.1, -0.05) is 12.1 Å². The van der Waals surface area contributed by atoms with Crippen LogP contribution in [0, 0.1) is 5.92 Å². The topological polar surface area (TPSA) is 61.5 Å². The molecule has 1 atom stereocenters. The Morgan fingerprint density at radius 3 is 2.83 bits per heavy atom. The van der Waals surface area contributed by atoms with Crippen molar-refractivity contribution in [3.63, 3.8) is 0 Å². The van der Waals surface area contributed by atoms with E-state index in [9.17, 15) is 4.79 Å². The molecule has 2 aliphatic rings. The molecule has 122 valence electrons. The van der Waals surface area contributed by atoms with Gasteiger partial charge in [-0.3, -0.25) is 14.7 Å². The number of para-hydroxylation sites is 1. The average Bonchev–Trinajstić information content (AvgIpc) is 3.08. The van der Waals surface area contributed by atoms with Crippen molar-refractivity contribution in [1.82, 2.24) is 14.9 Å². The Morgan fingerprint density at radius 1 is 1.22 bits per heavy atom. The number of rotatable bonds is 3. The van der Waals surface area contributed by atoms with E-state index in [0.29, 0.717) is 17.3 Å². The molecule has 1 unspecified atom stereocenters. The molecule has 0 amide bonds. The summed E-state index contributed by atoms with van der Waals surface area (Å²) in [4.78, 5) is 24.4. The van der Waals surface area contributed by atoms with Crippen molar-refractivity contribution in [3.8, 4) is 0 Å². The molecule has 6 nitrogen and oxygen atoms in total. The largest absolute Gasteiger partial charge is 0.381 e. The second-order valence-corrected chi connectivity index (χ2v) is 6.42. The van der Waals surface area contributed by atoms with Gasteiger partial charge in [0, 0.05) is 39.3 Å². The van der Waals surface area contributed by atoms with Crippen molar-refractivity contribution in [2.24, 2.45) is 5.92 Å². The van der Waals surface area contributed by atoms with Crippen molar-refractivity contribution in [2.75, 3.05) is 50.8 Å². The molecule has 1 N–H and O–H groups in total. The van der Waals surface area contributed by atoms with Crippen LogP contribution >= 0.6 is 0 Å². The Bertz CT molecular complexity index is 731. The molecule has 0 aliphatic carbocycles. The third kappa shape index (κ3) is 3.09. The number of piperazine rings is 1. The number of H-pyrrole nitrogens is 1. The Morgan fingerprint density at radius 2 is 2.04 bits per heavy atom. The number of benzene rings is 1. The molecular formula is C17H22N4O2. The van der Waals surface area contributed by atoms with Gasteiger partial charge < -0.3 is 9.64 Å². The highest BCUT2D eigenvalue weighted by Crippen LogP contribution is 2.17. The number of aromatic amines is 1. The van der Waals surface area contributed by atoms with Gasteiger partial charge in [0.25, 0.3) is 5.56 Å². The van der Waals surface area contributed by atoms with E-state index in [-0.39, 0.29) is 5.56 Å². The maximum atomic E-state index is 12.2. The quantitative estimate of drug-likeness (QED) is 0.919. The smallest absolute Gasteiger partial charge is 0.260 e. The maximum Gasteiger partial charge on any atom is 0.260 e. The van der Waals surface area contributed by atoms with Gasteiger partial charge in [0.1, 0.15) is 0 Å². The van der Waals surface area contributed by atoms with Crippen molar-refractivity contribution in [2.45, 2.75) is 6.42 Å². The predicted molar refractivity (Wildman–Crippen MR) is 89.9 cm³/mol. The van der Waals surface area contributed by atoms with Crippen LogP contribution in [-0.2, 0) is 4.74 Å². The molecule has 4 rings (SSSR count). The monoisotopic (exact) mass is 314 g/mol. The minimum Gasteiger partial charge on any atom is -0.381 e. The second kappa shape index (κ2) is 6.29. The lowest BCUT2D eigenvalue weighted by molar-refractivity contribution is 0.164. The number of ether oxygens (including phenoxy) is 1. The first-order chi connectivity index (χ1) is 11.3. The van der Waals surface area contributed by atoms with Gasteiger partial charge in [-0.05, 0) is 24.5 Å². The van der Waals surface area contributed by atoms with Crippen LogP contribution in [0.15, 0.2) is 29.1 Å². The summed E-state index contributed by atoms with van der Waals surface area (Å²) in [5, 5.41) is 0.649. The molecule has 0 bridgehead atoms. The van der Waals surface area contributed by atoms with Gasteiger partial charge >= 0.3 is 0 Å². The molecule has 1 aromatic carbocycles. The molecule has 2 fully saturated rings. The molecule has 1 aromatic heterocycles. The molecule has 0 saturated carbocycles. The minimum absolute atomic E-state index is 0.0591. The summed E-state index contributed by atoms with van der Waals surface area (Å²) in [5.41, 5.74) is 0.702. The van der Waals surface area contributed by atoms with Gasteiger partial charge in [0.2, 0.25) is 5.95 Å². The molecule has 23 heavy (non-hydrogen) atoms. The highest BCUT2D eigenvalue weighted by Gasteiger charge is 2.23. The third-order valence-corrected chi connectivity index (χ3v) is 4.81. The fourth-order valence-electron chi connectivity index (χ4n) is 3.46. The normalized spacial score (nSPS) is 22.8. The summed E-state index contributed by atoms with van der Waals surface area (Å²) in [7, 11) is 0. The van der Waals surface area contributed by atoms with Crippen molar-refractivity contribution < 1.29 is 4.74 Å². The first-order valence-electron chi connectivity index (χ1n) is 8.34. The number of fused-ring (bicyclic) bond motifs is 1. The molecular weight excluding hydrogens is 292 g/mol. The molecule has 6 heteroatoms. The zero-order valence-electron chi connectivity index (χ0n) is 13.2. The number of nitrogens with zero attached hydrogens (tertiary/aromatic N) is 3. The van der Waals surface area contributed by atoms with Crippen LogP contribution in [0.3, 0.4) is 0 Å². The van der Waals surface area contributed by atoms with Gasteiger partial charge in [-0.15, -0.1) is 0 Å². The van der Waals surface area contributed by atoms with Crippen LogP contribution in [0.5, 0.6) is 0 Å². The highest BCUT2D eigenvalue weighted by molar-refractivity contribution is 5.78. The molecule has 0 spiro atoms. The highest BCUT2D eigenvalue weighted by atomic mass is 16.5. The van der Waals surface area contributed by atoms with Crippen LogP contribution < -0.4 is 10.5 Å². The summed E-state index contributed by atoms with van der Waals surface area (Å²) < 4.78 is 5.46. The first-order valence-corrected chi connectivity index (χ1v) is 8.34. The van der Waals surface area contributed by atoms with Gasteiger partial charge in [0.15, 0.2) is 0 Å². The van der Waals surface area contributed by atoms with Crippen LogP contribution in [0.25, 0.3) is 10.9 Å². The number of hydrogen-bond donors (Lipinski definition) is 1. The van der Waals surface area contributed by atoms with E-state index in [0.717, 1.165) is 51.5 Å².